The lowest BCUT2D eigenvalue weighted by Gasteiger charge is -2.39. The molecule has 1 heterocycles. The third-order valence-electron chi connectivity index (χ3n) is 3.42. The Labute approximate surface area is 114 Å². The number of amides is 1. The maximum atomic E-state index is 11.8. The van der Waals surface area contributed by atoms with Crippen molar-refractivity contribution in [2.45, 2.75) is 44.3 Å². The highest BCUT2D eigenvalue weighted by Crippen LogP contribution is 2.26. The Morgan fingerprint density at radius 3 is 1.90 bits per heavy atom. The predicted molar refractivity (Wildman–Crippen MR) is 64.8 cm³/mol. The van der Waals surface area contributed by atoms with Crippen molar-refractivity contribution in [2.75, 3.05) is 13.1 Å². The first-order chi connectivity index (χ1) is 9.21. The molecule has 116 valence electrons. The number of carboxylic acid groups (broad SMARTS) is 1. The molecule has 1 aliphatic carbocycles. The summed E-state index contributed by atoms with van der Waals surface area (Å²) in [4.78, 5) is 22.6. The Morgan fingerprint density at radius 2 is 1.55 bits per heavy atom. The van der Waals surface area contributed by atoms with E-state index in [4.69, 9.17) is 15.6 Å². The number of carboxylic acids is 1. The van der Waals surface area contributed by atoms with Crippen molar-refractivity contribution in [3.8, 4) is 0 Å². The summed E-state index contributed by atoms with van der Waals surface area (Å²) in [5.41, 5.74) is 5.64. The van der Waals surface area contributed by atoms with Crippen molar-refractivity contribution >= 4 is 11.9 Å². The summed E-state index contributed by atoms with van der Waals surface area (Å²) in [6.07, 6.45) is 0.894. The van der Waals surface area contributed by atoms with Gasteiger partial charge in [0.25, 0.3) is 0 Å². The molecule has 0 aromatic carbocycles. The molecule has 0 radical (unpaired) electrons. The number of carbonyl (C=O) groups is 2. The molecule has 20 heavy (non-hydrogen) atoms. The minimum Gasteiger partial charge on any atom is -0.475 e. The number of halogens is 3. The van der Waals surface area contributed by atoms with Crippen molar-refractivity contribution in [2.24, 2.45) is 11.7 Å². The fourth-order valence-electron chi connectivity index (χ4n) is 2.30. The number of nitrogens with zero attached hydrogens (tertiary/aromatic N) is 1. The molecular weight excluding hydrogens is 277 g/mol. The van der Waals surface area contributed by atoms with E-state index in [1.54, 1.807) is 0 Å². The average molecular weight is 296 g/mol. The van der Waals surface area contributed by atoms with E-state index in [2.05, 4.69) is 0 Å². The fourth-order valence-corrected chi connectivity index (χ4v) is 2.30. The van der Waals surface area contributed by atoms with Gasteiger partial charge in [-0.1, -0.05) is 19.3 Å². The Bertz CT molecular complexity index is 348. The van der Waals surface area contributed by atoms with E-state index in [0.29, 0.717) is 11.8 Å². The monoisotopic (exact) mass is 296 g/mol. The lowest BCUT2D eigenvalue weighted by atomic mass is 9.87. The maximum Gasteiger partial charge on any atom is 0.490 e. The van der Waals surface area contributed by atoms with Gasteiger partial charge in [0.05, 0.1) is 0 Å². The smallest absolute Gasteiger partial charge is 0.475 e. The van der Waals surface area contributed by atoms with Crippen molar-refractivity contribution in [1.29, 1.82) is 0 Å². The third-order valence-corrected chi connectivity index (χ3v) is 3.42. The molecule has 3 N–H and O–H groups in total. The van der Waals surface area contributed by atoms with E-state index < -0.39 is 12.1 Å². The van der Waals surface area contributed by atoms with Crippen molar-refractivity contribution in [1.82, 2.24) is 4.90 Å². The van der Waals surface area contributed by atoms with Gasteiger partial charge in [0, 0.05) is 25.0 Å². The van der Waals surface area contributed by atoms with E-state index in [1.807, 2.05) is 4.90 Å². The van der Waals surface area contributed by atoms with Crippen LogP contribution in [-0.4, -0.2) is 47.2 Å². The molecule has 0 unspecified atom stereocenters. The highest BCUT2D eigenvalue weighted by atomic mass is 19.4. The number of alkyl halides is 3. The first-order valence-electron chi connectivity index (χ1n) is 6.56. The minimum absolute atomic E-state index is 0.243. The zero-order valence-electron chi connectivity index (χ0n) is 11.0. The number of aliphatic carboxylic acids is 1. The number of rotatable bonds is 1. The van der Waals surface area contributed by atoms with Gasteiger partial charge in [0.15, 0.2) is 0 Å². The molecule has 1 saturated carbocycles. The molecule has 8 heteroatoms. The first kappa shape index (κ1) is 16.7. The summed E-state index contributed by atoms with van der Waals surface area (Å²) in [5, 5.41) is 7.12. The second-order valence-corrected chi connectivity index (χ2v) is 5.14. The van der Waals surface area contributed by atoms with Crippen LogP contribution in [0.2, 0.25) is 0 Å². The van der Waals surface area contributed by atoms with Crippen LogP contribution in [0, 0.1) is 5.92 Å². The van der Waals surface area contributed by atoms with Crippen LogP contribution in [0.1, 0.15) is 32.1 Å². The number of nitrogens with two attached hydrogens (primary N) is 1. The molecule has 0 bridgehead atoms. The Morgan fingerprint density at radius 1 is 1.10 bits per heavy atom. The third kappa shape index (κ3) is 4.99. The van der Waals surface area contributed by atoms with E-state index in [0.717, 1.165) is 25.9 Å². The van der Waals surface area contributed by atoms with Crippen LogP contribution in [0.25, 0.3) is 0 Å². The number of likely N-dealkylation sites (tertiary alicyclic amines) is 1. The fraction of sp³-hybridized carbons (Fsp3) is 0.833. The van der Waals surface area contributed by atoms with E-state index in [1.165, 1.54) is 19.3 Å². The summed E-state index contributed by atoms with van der Waals surface area (Å²) in [6.45, 7) is 1.57. The lowest BCUT2D eigenvalue weighted by Crippen LogP contribution is -2.59. The van der Waals surface area contributed by atoms with Crippen LogP contribution in [0.15, 0.2) is 0 Å². The Balaban J connectivity index is 0.000000246. The summed E-state index contributed by atoms with van der Waals surface area (Å²) in [6, 6.07) is 0.243. The second kappa shape index (κ2) is 6.92. The molecule has 1 amide bonds. The number of hydrogen-bond acceptors (Lipinski definition) is 3. The first-order valence-corrected chi connectivity index (χ1v) is 6.56. The molecule has 0 spiro atoms. The van der Waals surface area contributed by atoms with Gasteiger partial charge in [-0.05, 0) is 12.8 Å². The van der Waals surface area contributed by atoms with E-state index in [9.17, 15) is 18.0 Å². The van der Waals surface area contributed by atoms with Gasteiger partial charge >= 0.3 is 12.1 Å². The van der Waals surface area contributed by atoms with E-state index in [-0.39, 0.29) is 6.04 Å². The van der Waals surface area contributed by atoms with Crippen molar-refractivity contribution in [3.05, 3.63) is 0 Å². The maximum absolute atomic E-state index is 11.8. The van der Waals surface area contributed by atoms with Gasteiger partial charge in [0.1, 0.15) is 0 Å². The van der Waals surface area contributed by atoms with Crippen LogP contribution in [-0.2, 0) is 9.59 Å². The summed E-state index contributed by atoms with van der Waals surface area (Å²) < 4.78 is 31.7. The predicted octanol–water partition coefficient (Wildman–Crippen LogP) is 1.37. The molecule has 1 aliphatic heterocycles. The van der Waals surface area contributed by atoms with Crippen LogP contribution in [0.4, 0.5) is 13.2 Å². The molecule has 2 fully saturated rings. The van der Waals surface area contributed by atoms with Crippen LogP contribution < -0.4 is 5.73 Å². The van der Waals surface area contributed by atoms with Crippen LogP contribution >= 0.6 is 0 Å². The molecule has 5 nitrogen and oxygen atoms in total. The average Bonchev–Trinajstić information content (AvgIpc) is 2.35. The topological polar surface area (TPSA) is 83.6 Å². The molecule has 0 atom stereocenters. The number of hydrogen-bond donors (Lipinski definition) is 2. The molecule has 2 aliphatic rings. The summed E-state index contributed by atoms with van der Waals surface area (Å²) >= 11 is 0. The lowest BCUT2D eigenvalue weighted by molar-refractivity contribution is -0.192. The number of carbonyl (C=O) groups excluding carboxylic acids is 1. The summed E-state index contributed by atoms with van der Waals surface area (Å²) in [7, 11) is 0. The molecular formula is C12H19F3N2O3. The van der Waals surface area contributed by atoms with Gasteiger partial charge in [-0.25, -0.2) is 4.79 Å². The minimum atomic E-state index is -5.08. The van der Waals surface area contributed by atoms with Gasteiger partial charge in [-0.3, -0.25) is 4.79 Å². The standard InChI is InChI=1S/C10H18N2O.C2HF3O2/c11-9-6-12(7-9)10(13)8-4-2-1-3-5-8;3-2(4,5)1(6)7/h8-9H,1-7,11H2;(H,6,7). The molecule has 2 rings (SSSR count). The zero-order valence-corrected chi connectivity index (χ0v) is 11.0. The molecule has 0 aromatic rings. The zero-order chi connectivity index (χ0) is 15.3. The normalized spacial score (nSPS) is 20.7. The largest absolute Gasteiger partial charge is 0.490 e. The SMILES string of the molecule is NC1CN(C(=O)C2CCCCC2)C1.O=C(O)C(F)(F)F. The van der Waals surface area contributed by atoms with Crippen molar-refractivity contribution < 1.29 is 27.9 Å². The van der Waals surface area contributed by atoms with Gasteiger partial charge in [-0.2, -0.15) is 13.2 Å². The highest BCUT2D eigenvalue weighted by molar-refractivity contribution is 5.79. The van der Waals surface area contributed by atoms with Gasteiger partial charge in [-0.15, -0.1) is 0 Å². The summed E-state index contributed by atoms with van der Waals surface area (Å²) in [5.74, 6) is -2.07. The van der Waals surface area contributed by atoms with Crippen molar-refractivity contribution in [3.63, 3.8) is 0 Å². The van der Waals surface area contributed by atoms with Crippen LogP contribution in [0.3, 0.4) is 0 Å². The Kier molecular flexibility index (Phi) is 5.79. The molecule has 0 aromatic heterocycles. The highest BCUT2D eigenvalue weighted by Gasteiger charge is 2.38. The van der Waals surface area contributed by atoms with Gasteiger partial charge in [0.2, 0.25) is 5.91 Å². The second-order valence-electron chi connectivity index (χ2n) is 5.14. The van der Waals surface area contributed by atoms with Gasteiger partial charge < -0.3 is 15.7 Å². The Hall–Kier alpha value is -1.31. The quantitative estimate of drug-likeness (QED) is 0.765. The van der Waals surface area contributed by atoms with E-state index >= 15 is 0 Å². The molecule has 1 saturated heterocycles. The van der Waals surface area contributed by atoms with Crippen LogP contribution in [0.5, 0.6) is 0 Å².